The molecule has 0 saturated heterocycles. The highest BCUT2D eigenvalue weighted by Crippen LogP contribution is 2.12. The van der Waals surface area contributed by atoms with Gasteiger partial charge in [0.2, 0.25) is 5.91 Å². The summed E-state index contributed by atoms with van der Waals surface area (Å²) in [4.78, 5) is 13.5. The number of benzene rings is 1. The number of likely N-dealkylation sites (N-methyl/N-ethyl adjacent to an activating group) is 2. The summed E-state index contributed by atoms with van der Waals surface area (Å²) in [5, 5.41) is 2.59. The van der Waals surface area contributed by atoms with Gasteiger partial charge in [0, 0.05) is 19.2 Å². The highest BCUT2D eigenvalue weighted by Gasteiger charge is 2.04. The summed E-state index contributed by atoms with van der Waals surface area (Å²) >= 11 is 4.88. The molecule has 0 atom stereocenters. The van der Waals surface area contributed by atoms with E-state index in [9.17, 15) is 4.79 Å². The number of amides is 1. The molecular weight excluding hydrogens is 274 g/mol. The standard InChI is InChI=1S/C14H21N3O2S/c1-16-13(18)10-17(2)8-3-9-19-12-6-4-11(5-7-12)14(15)20/h4-7H,3,8-10H2,1-2H3,(H2,15,20)(H,16,18). The van der Waals surface area contributed by atoms with Gasteiger partial charge in [0.05, 0.1) is 13.2 Å². The molecule has 0 bridgehead atoms. The number of hydrogen-bond acceptors (Lipinski definition) is 4. The van der Waals surface area contributed by atoms with Crippen molar-refractivity contribution >= 4 is 23.1 Å². The summed E-state index contributed by atoms with van der Waals surface area (Å²) in [7, 11) is 3.54. The van der Waals surface area contributed by atoms with Gasteiger partial charge in [0.25, 0.3) is 0 Å². The van der Waals surface area contributed by atoms with Crippen molar-refractivity contribution in [3.8, 4) is 5.75 Å². The molecule has 1 amide bonds. The van der Waals surface area contributed by atoms with E-state index >= 15 is 0 Å². The molecule has 6 heteroatoms. The second-order valence-electron chi connectivity index (χ2n) is 4.50. The fraction of sp³-hybridized carbons (Fsp3) is 0.429. The van der Waals surface area contributed by atoms with E-state index in [0.29, 0.717) is 18.1 Å². The Morgan fingerprint density at radius 1 is 1.40 bits per heavy atom. The highest BCUT2D eigenvalue weighted by molar-refractivity contribution is 7.80. The molecule has 0 heterocycles. The van der Waals surface area contributed by atoms with Crippen molar-refractivity contribution in [2.24, 2.45) is 5.73 Å². The number of carbonyl (C=O) groups excluding carboxylic acids is 1. The lowest BCUT2D eigenvalue weighted by atomic mass is 10.2. The van der Waals surface area contributed by atoms with Crippen LogP contribution in [0.15, 0.2) is 24.3 Å². The van der Waals surface area contributed by atoms with Crippen LogP contribution >= 0.6 is 12.2 Å². The third-order valence-electron chi connectivity index (χ3n) is 2.78. The fourth-order valence-corrected chi connectivity index (χ4v) is 1.78. The molecule has 1 rings (SSSR count). The molecule has 3 N–H and O–H groups in total. The Labute approximate surface area is 125 Å². The average molecular weight is 295 g/mol. The first-order valence-electron chi connectivity index (χ1n) is 6.44. The van der Waals surface area contributed by atoms with Crippen LogP contribution in [0.5, 0.6) is 5.75 Å². The molecule has 110 valence electrons. The summed E-state index contributed by atoms with van der Waals surface area (Å²) < 4.78 is 5.61. The van der Waals surface area contributed by atoms with Gasteiger partial charge < -0.3 is 15.8 Å². The van der Waals surface area contributed by atoms with Crippen LogP contribution < -0.4 is 15.8 Å². The van der Waals surface area contributed by atoms with Crippen molar-refractivity contribution in [3.63, 3.8) is 0 Å². The monoisotopic (exact) mass is 295 g/mol. The van der Waals surface area contributed by atoms with E-state index in [4.69, 9.17) is 22.7 Å². The molecule has 0 aliphatic heterocycles. The third kappa shape index (κ3) is 5.99. The predicted molar refractivity (Wildman–Crippen MR) is 84.0 cm³/mol. The third-order valence-corrected chi connectivity index (χ3v) is 3.02. The molecule has 5 nitrogen and oxygen atoms in total. The van der Waals surface area contributed by atoms with Gasteiger partial charge in [-0.2, -0.15) is 0 Å². The van der Waals surface area contributed by atoms with Crippen molar-refractivity contribution in [1.82, 2.24) is 10.2 Å². The molecule has 20 heavy (non-hydrogen) atoms. The van der Waals surface area contributed by atoms with E-state index in [2.05, 4.69) is 5.32 Å². The highest BCUT2D eigenvalue weighted by atomic mass is 32.1. The van der Waals surface area contributed by atoms with E-state index in [1.807, 2.05) is 36.2 Å². The molecule has 1 aromatic carbocycles. The van der Waals surface area contributed by atoms with Crippen LogP contribution in [0, 0.1) is 0 Å². The molecule has 1 aromatic rings. The summed E-state index contributed by atoms with van der Waals surface area (Å²) in [6, 6.07) is 7.39. The Morgan fingerprint density at radius 2 is 2.05 bits per heavy atom. The number of nitrogens with zero attached hydrogens (tertiary/aromatic N) is 1. The lowest BCUT2D eigenvalue weighted by Crippen LogP contribution is -2.33. The minimum absolute atomic E-state index is 0.0155. The second kappa shape index (κ2) is 8.50. The van der Waals surface area contributed by atoms with E-state index in [1.165, 1.54) is 0 Å². The first kappa shape index (κ1) is 16.4. The summed E-state index contributed by atoms with van der Waals surface area (Å²) in [5.41, 5.74) is 6.35. The fourth-order valence-electron chi connectivity index (χ4n) is 1.64. The zero-order chi connectivity index (χ0) is 15.0. The van der Waals surface area contributed by atoms with Crippen LogP contribution in [0.1, 0.15) is 12.0 Å². The molecule has 0 fully saturated rings. The van der Waals surface area contributed by atoms with Crippen molar-refractivity contribution in [2.45, 2.75) is 6.42 Å². The van der Waals surface area contributed by atoms with Crippen molar-refractivity contribution < 1.29 is 9.53 Å². The van der Waals surface area contributed by atoms with Gasteiger partial charge in [-0.15, -0.1) is 0 Å². The Kier molecular flexibility index (Phi) is 6.97. The number of nitrogens with two attached hydrogens (primary N) is 1. The minimum Gasteiger partial charge on any atom is -0.494 e. The van der Waals surface area contributed by atoms with Crippen molar-refractivity contribution in [3.05, 3.63) is 29.8 Å². The molecule has 0 unspecified atom stereocenters. The predicted octanol–water partition coefficient (Wildman–Crippen LogP) is 0.767. The first-order chi connectivity index (χ1) is 9.52. The number of hydrogen-bond donors (Lipinski definition) is 2. The topological polar surface area (TPSA) is 67.6 Å². The Balaban J connectivity index is 2.24. The Hall–Kier alpha value is -1.66. The number of nitrogens with one attached hydrogen (secondary N) is 1. The van der Waals surface area contributed by atoms with Gasteiger partial charge in [-0.3, -0.25) is 9.69 Å². The quantitative estimate of drug-likeness (QED) is 0.548. The minimum atomic E-state index is 0.0155. The van der Waals surface area contributed by atoms with Gasteiger partial charge >= 0.3 is 0 Å². The number of carbonyl (C=O) groups is 1. The Bertz CT molecular complexity index is 448. The van der Waals surface area contributed by atoms with Gasteiger partial charge in [0.1, 0.15) is 10.7 Å². The molecule has 0 radical (unpaired) electrons. The average Bonchev–Trinajstić information content (AvgIpc) is 2.44. The van der Waals surface area contributed by atoms with Crippen LogP contribution in [-0.4, -0.2) is 49.6 Å². The maximum atomic E-state index is 11.2. The zero-order valence-electron chi connectivity index (χ0n) is 11.9. The molecule has 0 aliphatic carbocycles. The zero-order valence-corrected chi connectivity index (χ0v) is 12.7. The number of thiocarbonyl (C=S) groups is 1. The number of ether oxygens (including phenoxy) is 1. The van der Waals surface area contributed by atoms with Crippen molar-refractivity contribution in [2.75, 3.05) is 33.8 Å². The van der Waals surface area contributed by atoms with E-state index in [1.54, 1.807) is 7.05 Å². The largest absolute Gasteiger partial charge is 0.494 e. The van der Waals surface area contributed by atoms with Crippen LogP contribution in [0.4, 0.5) is 0 Å². The molecule has 0 spiro atoms. The summed E-state index contributed by atoms with van der Waals surface area (Å²) in [6.07, 6.45) is 0.852. The molecule has 0 aliphatic rings. The SMILES string of the molecule is CNC(=O)CN(C)CCCOc1ccc(C(N)=S)cc1. The smallest absolute Gasteiger partial charge is 0.233 e. The first-order valence-corrected chi connectivity index (χ1v) is 6.85. The van der Waals surface area contributed by atoms with Crippen LogP contribution in [0.2, 0.25) is 0 Å². The van der Waals surface area contributed by atoms with Gasteiger partial charge in [-0.05, 0) is 37.7 Å². The maximum Gasteiger partial charge on any atom is 0.233 e. The molecule has 0 saturated carbocycles. The van der Waals surface area contributed by atoms with Crippen LogP contribution in [0.25, 0.3) is 0 Å². The number of rotatable bonds is 8. The molecule has 0 aromatic heterocycles. The lowest BCUT2D eigenvalue weighted by molar-refractivity contribution is -0.121. The van der Waals surface area contributed by atoms with Crippen LogP contribution in [-0.2, 0) is 4.79 Å². The normalized spacial score (nSPS) is 10.3. The molecular formula is C14H21N3O2S. The van der Waals surface area contributed by atoms with Crippen molar-refractivity contribution in [1.29, 1.82) is 0 Å². The van der Waals surface area contributed by atoms with E-state index in [-0.39, 0.29) is 5.91 Å². The van der Waals surface area contributed by atoms with Crippen LogP contribution in [0.3, 0.4) is 0 Å². The maximum absolute atomic E-state index is 11.2. The summed E-state index contributed by atoms with van der Waals surface area (Å²) in [5.74, 6) is 0.806. The summed E-state index contributed by atoms with van der Waals surface area (Å²) in [6.45, 7) is 1.81. The van der Waals surface area contributed by atoms with Gasteiger partial charge in [-0.1, -0.05) is 12.2 Å². The Morgan fingerprint density at radius 3 is 2.60 bits per heavy atom. The van der Waals surface area contributed by atoms with Gasteiger partial charge in [0.15, 0.2) is 0 Å². The van der Waals surface area contributed by atoms with E-state index in [0.717, 1.165) is 24.3 Å². The second-order valence-corrected chi connectivity index (χ2v) is 4.94. The lowest BCUT2D eigenvalue weighted by Gasteiger charge is -2.15. The van der Waals surface area contributed by atoms with Gasteiger partial charge in [-0.25, -0.2) is 0 Å². The van der Waals surface area contributed by atoms with E-state index < -0.39 is 0 Å².